The third-order valence-electron chi connectivity index (χ3n) is 6.02. The third kappa shape index (κ3) is 4.84. The number of piperidine rings is 1. The molecule has 1 fully saturated rings. The van der Waals surface area contributed by atoms with Crippen molar-refractivity contribution in [2.45, 2.75) is 39.2 Å². The molecule has 0 saturated carbocycles. The molecular formula is C24H28FN5O5. The van der Waals surface area contributed by atoms with Gasteiger partial charge in [-0.2, -0.15) is 0 Å². The highest BCUT2D eigenvalue weighted by Gasteiger charge is 2.32. The predicted octanol–water partition coefficient (Wildman–Crippen LogP) is 2.50. The van der Waals surface area contributed by atoms with Crippen LogP contribution in [0.25, 0.3) is 5.69 Å². The van der Waals surface area contributed by atoms with Gasteiger partial charge in [0.05, 0.1) is 22.5 Å². The van der Waals surface area contributed by atoms with Crippen molar-refractivity contribution in [1.29, 1.82) is 0 Å². The van der Waals surface area contributed by atoms with Gasteiger partial charge in [-0.1, -0.05) is 6.07 Å². The van der Waals surface area contributed by atoms with Crippen molar-refractivity contribution < 1.29 is 23.5 Å². The molecular weight excluding hydrogens is 457 g/mol. The summed E-state index contributed by atoms with van der Waals surface area (Å²) in [5, 5.41) is 5.19. The van der Waals surface area contributed by atoms with Crippen LogP contribution >= 0.6 is 0 Å². The number of pyridine rings is 1. The maximum absolute atomic E-state index is 14.9. The van der Waals surface area contributed by atoms with Crippen LogP contribution in [-0.4, -0.2) is 52.6 Å². The summed E-state index contributed by atoms with van der Waals surface area (Å²) in [7, 11) is 0. The van der Waals surface area contributed by atoms with Crippen molar-refractivity contribution in [1.82, 2.24) is 14.8 Å². The Labute approximate surface area is 201 Å². The standard InChI is InChI=1S/C24H28FN5O5/c1-24(2,3)35-23(34)29-9-7-13(8-10-29)12-27-19-15(25)5-4-6-16(19)30-17(31)11-14-18(20(30)26)22(33)28-21(14)32/h4-6,11,13,27H,7-10,12,26H2,1-3H3,(H,28,32,33). The number of rotatable bonds is 4. The van der Waals surface area contributed by atoms with Gasteiger partial charge >= 0.3 is 6.09 Å². The third-order valence-corrected chi connectivity index (χ3v) is 6.02. The predicted molar refractivity (Wildman–Crippen MR) is 127 cm³/mol. The van der Waals surface area contributed by atoms with Crippen molar-refractivity contribution in [3.8, 4) is 5.69 Å². The molecule has 0 unspecified atom stereocenters. The smallest absolute Gasteiger partial charge is 0.410 e. The summed E-state index contributed by atoms with van der Waals surface area (Å²) in [6.07, 6.45) is 1.03. The molecule has 0 spiro atoms. The van der Waals surface area contributed by atoms with Crippen molar-refractivity contribution >= 4 is 29.4 Å². The summed E-state index contributed by atoms with van der Waals surface area (Å²) >= 11 is 0. The Bertz CT molecular complexity index is 1260. The Morgan fingerprint density at radius 3 is 2.54 bits per heavy atom. The van der Waals surface area contributed by atoms with Crippen molar-refractivity contribution in [3.05, 3.63) is 51.6 Å². The maximum Gasteiger partial charge on any atom is 0.410 e. The lowest BCUT2D eigenvalue weighted by molar-refractivity contribution is 0.0188. The molecule has 1 aromatic carbocycles. The van der Waals surface area contributed by atoms with Gasteiger partial charge in [-0.3, -0.25) is 24.3 Å². The average molecular weight is 486 g/mol. The van der Waals surface area contributed by atoms with Crippen LogP contribution in [0.15, 0.2) is 29.1 Å². The second-order valence-electron chi connectivity index (χ2n) is 9.70. The van der Waals surface area contributed by atoms with E-state index in [1.165, 1.54) is 18.2 Å². The lowest BCUT2D eigenvalue weighted by Crippen LogP contribution is -2.42. The van der Waals surface area contributed by atoms with E-state index in [1.807, 2.05) is 20.8 Å². The lowest BCUT2D eigenvalue weighted by atomic mass is 9.97. The minimum atomic E-state index is -0.709. The van der Waals surface area contributed by atoms with Crippen LogP contribution in [0.2, 0.25) is 0 Å². The number of anilines is 2. The highest BCUT2D eigenvalue weighted by atomic mass is 19.1. The van der Waals surface area contributed by atoms with E-state index in [0.717, 1.165) is 10.6 Å². The molecule has 4 N–H and O–H groups in total. The van der Waals surface area contributed by atoms with Gasteiger partial charge in [-0.15, -0.1) is 0 Å². The normalized spacial score (nSPS) is 16.2. The van der Waals surface area contributed by atoms with Gasteiger partial charge in [0.1, 0.15) is 17.2 Å². The first-order chi connectivity index (χ1) is 16.5. The number of benzene rings is 1. The maximum atomic E-state index is 14.9. The largest absolute Gasteiger partial charge is 0.444 e. The van der Waals surface area contributed by atoms with Gasteiger partial charge < -0.3 is 20.7 Å². The van der Waals surface area contributed by atoms with E-state index in [4.69, 9.17) is 10.5 Å². The molecule has 1 saturated heterocycles. The Morgan fingerprint density at radius 1 is 1.20 bits per heavy atom. The summed E-state index contributed by atoms with van der Waals surface area (Å²) in [4.78, 5) is 50.8. The monoisotopic (exact) mass is 485 g/mol. The number of ether oxygens (including phenoxy) is 1. The lowest BCUT2D eigenvalue weighted by Gasteiger charge is -2.33. The minimum Gasteiger partial charge on any atom is -0.444 e. The van der Waals surface area contributed by atoms with Crippen LogP contribution in [0.3, 0.4) is 0 Å². The van der Waals surface area contributed by atoms with E-state index in [1.54, 1.807) is 4.90 Å². The van der Waals surface area contributed by atoms with E-state index >= 15 is 0 Å². The number of para-hydroxylation sites is 1. The van der Waals surface area contributed by atoms with Gasteiger partial charge in [0, 0.05) is 25.7 Å². The van der Waals surface area contributed by atoms with E-state index in [2.05, 4.69) is 10.6 Å². The second kappa shape index (κ2) is 9.05. The molecule has 0 radical (unpaired) electrons. The highest BCUT2D eigenvalue weighted by molar-refractivity contribution is 6.23. The SMILES string of the molecule is CC(C)(C)OC(=O)N1CCC(CNc2c(F)cccc2-n2c(N)c3c(cc2=O)C(=O)NC3=O)CC1. The number of nitrogens with two attached hydrogens (primary N) is 1. The van der Waals surface area contributed by atoms with Gasteiger partial charge in [0.15, 0.2) is 0 Å². The quantitative estimate of drug-likeness (QED) is 0.566. The molecule has 11 heteroatoms. The van der Waals surface area contributed by atoms with Crippen LogP contribution in [-0.2, 0) is 4.74 Å². The molecule has 10 nitrogen and oxygen atoms in total. The highest BCUT2D eigenvalue weighted by Crippen LogP contribution is 2.29. The van der Waals surface area contributed by atoms with E-state index < -0.39 is 28.8 Å². The zero-order chi connectivity index (χ0) is 25.5. The number of nitrogens with zero attached hydrogens (tertiary/aromatic N) is 2. The van der Waals surface area contributed by atoms with Crippen LogP contribution in [0, 0.1) is 11.7 Å². The minimum absolute atomic E-state index is 0.0561. The van der Waals surface area contributed by atoms with E-state index in [-0.39, 0.29) is 40.3 Å². The molecule has 3 heterocycles. The first-order valence-electron chi connectivity index (χ1n) is 11.4. The molecule has 2 aliphatic rings. The summed E-state index contributed by atoms with van der Waals surface area (Å²) < 4.78 is 21.3. The average Bonchev–Trinajstić information content (AvgIpc) is 3.05. The molecule has 35 heavy (non-hydrogen) atoms. The van der Waals surface area contributed by atoms with Gasteiger partial charge in [0.25, 0.3) is 17.4 Å². The van der Waals surface area contributed by atoms with Gasteiger partial charge in [0.2, 0.25) is 0 Å². The number of nitrogens with one attached hydrogen (secondary N) is 2. The molecule has 3 amide bonds. The number of imide groups is 1. The number of hydrogen-bond acceptors (Lipinski definition) is 7. The number of hydrogen-bond donors (Lipinski definition) is 3. The van der Waals surface area contributed by atoms with E-state index in [9.17, 15) is 23.6 Å². The summed E-state index contributed by atoms with van der Waals surface area (Å²) in [6.45, 7) is 6.89. The van der Waals surface area contributed by atoms with Gasteiger partial charge in [-0.05, 0) is 51.7 Å². The zero-order valence-electron chi connectivity index (χ0n) is 19.8. The number of halogens is 1. The molecule has 2 aliphatic heterocycles. The van der Waals surface area contributed by atoms with Crippen LogP contribution in [0.5, 0.6) is 0 Å². The molecule has 0 atom stereocenters. The number of fused-ring (bicyclic) bond motifs is 1. The van der Waals surface area contributed by atoms with Gasteiger partial charge in [-0.25, -0.2) is 9.18 Å². The fourth-order valence-corrected chi connectivity index (χ4v) is 4.29. The molecule has 0 bridgehead atoms. The number of carbonyl (C=O) groups excluding carboxylic acids is 3. The first kappa shape index (κ1) is 24.2. The number of likely N-dealkylation sites (tertiary alicyclic amines) is 1. The topological polar surface area (TPSA) is 136 Å². The Morgan fingerprint density at radius 2 is 1.89 bits per heavy atom. The van der Waals surface area contributed by atoms with Crippen molar-refractivity contribution in [3.63, 3.8) is 0 Å². The Hall–Kier alpha value is -3.89. The van der Waals surface area contributed by atoms with E-state index in [0.29, 0.717) is 32.5 Å². The molecule has 4 rings (SSSR count). The van der Waals surface area contributed by atoms with Crippen LogP contribution < -0.4 is 21.9 Å². The summed E-state index contributed by atoms with van der Waals surface area (Å²) in [6, 6.07) is 5.21. The number of carbonyl (C=O) groups is 3. The first-order valence-corrected chi connectivity index (χ1v) is 11.4. The molecule has 0 aliphatic carbocycles. The summed E-state index contributed by atoms with van der Waals surface area (Å²) in [5.74, 6) is -2.09. The molecule has 186 valence electrons. The summed E-state index contributed by atoms with van der Waals surface area (Å²) in [5.41, 5.74) is 4.86. The fourth-order valence-electron chi connectivity index (χ4n) is 4.29. The Kier molecular flexibility index (Phi) is 6.27. The zero-order valence-corrected chi connectivity index (χ0v) is 19.8. The van der Waals surface area contributed by atoms with Crippen molar-refractivity contribution in [2.75, 3.05) is 30.7 Å². The molecule has 2 aromatic rings. The van der Waals surface area contributed by atoms with Crippen LogP contribution in [0.4, 0.5) is 20.7 Å². The number of nitrogen functional groups attached to an aromatic ring is 1. The second-order valence-corrected chi connectivity index (χ2v) is 9.70. The van der Waals surface area contributed by atoms with Crippen molar-refractivity contribution in [2.24, 2.45) is 5.92 Å². The van der Waals surface area contributed by atoms with Crippen LogP contribution in [0.1, 0.15) is 54.3 Å². The fraction of sp³-hybridized carbons (Fsp3) is 0.417. The molecule has 1 aromatic heterocycles. The number of aromatic nitrogens is 1. The number of amides is 3. The Balaban J connectivity index is 1.52.